The van der Waals surface area contributed by atoms with Gasteiger partial charge < -0.3 is 10.2 Å². The maximum atomic E-state index is 14.5. The van der Waals surface area contributed by atoms with E-state index < -0.39 is 28.5 Å². The summed E-state index contributed by atoms with van der Waals surface area (Å²) in [5, 5.41) is 3.54. The monoisotopic (exact) mass is 631 g/mol. The molecule has 0 saturated heterocycles. The normalized spacial score (nSPS) is 12.0. The number of sulfonamides is 1. The van der Waals surface area contributed by atoms with Gasteiger partial charge in [-0.15, -0.1) is 0 Å². The Morgan fingerprint density at radius 3 is 2.00 bits per heavy atom. The number of aryl methyl sites for hydroxylation is 1. The fourth-order valence-electron chi connectivity index (χ4n) is 4.84. The van der Waals surface area contributed by atoms with Crippen LogP contribution in [0.1, 0.15) is 30.5 Å². The molecule has 9 heteroatoms. The molecule has 230 valence electrons. The zero-order valence-electron chi connectivity index (χ0n) is 25.2. The van der Waals surface area contributed by atoms with Gasteiger partial charge in [-0.2, -0.15) is 0 Å². The van der Waals surface area contributed by atoms with Gasteiger partial charge in [0.15, 0.2) is 0 Å². The number of nitrogens with one attached hydrogen (secondary N) is 1. The van der Waals surface area contributed by atoms with Crippen LogP contribution in [0.2, 0.25) is 5.02 Å². The Balaban J connectivity index is 1.79. The molecule has 1 N–H and O–H groups in total. The molecule has 0 heterocycles. The lowest BCUT2D eigenvalue weighted by Gasteiger charge is -2.34. The highest BCUT2D eigenvalue weighted by molar-refractivity contribution is 7.92. The van der Waals surface area contributed by atoms with Gasteiger partial charge in [0, 0.05) is 24.5 Å². The fraction of sp³-hybridized carbons (Fsp3) is 0.257. The second-order valence-corrected chi connectivity index (χ2v) is 13.4. The molecule has 0 aliphatic heterocycles. The Morgan fingerprint density at radius 2 is 1.39 bits per heavy atom. The molecule has 0 fully saturated rings. The molecule has 4 aromatic carbocycles. The van der Waals surface area contributed by atoms with Crippen LogP contribution in [-0.2, 0) is 32.6 Å². The molecular formula is C35H38ClN3O4S. The van der Waals surface area contributed by atoms with E-state index in [1.54, 1.807) is 67.6 Å². The molecule has 2 amide bonds. The average Bonchev–Trinajstić information content (AvgIpc) is 3.02. The summed E-state index contributed by atoms with van der Waals surface area (Å²) >= 11 is 6.14. The van der Waals surface area contributed by atoms with E-state index in [9.17, 15) is 18.0 Å². The number of carbonyl (C=O) groups is 2. The van der Waals surface area contributed by atoms with Gasteiger partial charge in [-0.05, 0) is 59.9 Å². The largest absolute Gasteiger partial charge is 0.354 e. The zero-order valence-corrected chi connectivity index (χ0v) is 26.8. The van der Waals surface area contributed by atoms with Gasteiger partial charge in [0.2, 0.25) is 11.8 Å². The summed E-state index contributed by atoms with van der Waals surface area (Å²) in [4.78, 5) is 29.8. The lowest BCUT2D eigenvalue weighted by molar-refractivity contribution is -0.140. The van der Waals surface area contributed by atoms with Gasteiger partial charge in [0.1, 0.15) is 12.6 Å². The minimum atomic E-state index is -4.14. The van der Waals surface area contributed by atoms with Crippen molar-refractivity contribution in [2.24, 2.45) is 5.92 Å². The van der Waals surface area contributed by atoms with Crippen LogP contribution < -0.4 is 9.62 Å². The Kier molecular flexibility index (Phi) is 11.2. The molecular weight excluding hydrogens is 594 g/mol. The van der Waals surface area contributed by atoms with Crippen molar-refractivity contribution >= 4 is 39.1 Å². The minimum Gasteiger partial charge on any atom is -0.354 e. The molecule has 0 aliphatic carbocycles. The van der Waals surface area contributed by atoms with Crippen LogP contribution >= 0.6 is 11.6 Å². The second-order valence-electron chi connectivity index (χ2n) is 11.1. The van der Waals surface area contributed by atoms with E-state index in [4.69, 9.17) is 11.6 Å². The number of benzene rings is 4. The van der Waals surface area contributed by atoms with Gasteiger partial charge >= 0.3 is 0 Å². The van der Waals surface area contributed by atoms with Crippen molar-refractivity contribution in [2.45, 2.75) is 44.7 Å². The number of nitrogens with zero attached hydrogens (tertiary/aromatic N) is 2. The smallest absolute Gasteiger partial charge is 0.264 e. The van der Waals surface area contributed by atoms with Crippen LogP contribution in [-0.4, -0.2) is 44.3 Å². The molecule has 1 unspecified atom stereocenters. The number of hydrogen-bond acceptors (Lipinski definition) is 4. The molecule has 4 rings (SSSR count). The van der Waals surface area contributed by atoms with Crippen molar-refractivity contribution < 1.29 is 18.0 Å². The highest BCUT2D eigenvalue weighted by Gasteiger charge is 2.35. The molecule has 7 nitrogen and oxygen atoms in total. The van der Waals surface area contributed by atoms with Crippen LogP contribution in [0.25, 0.3) is 0 Å². The molecule has 1 atom stereocenters. The van der Waals surface area contributed by atoms with E-state index in [-0.39, 0.29) is 29.7 Å². The topological polar surface area (TPSA) is 86.8 Å². The van der Waals surface area contributed by atoms with Crippen molar-refractivity contribution in [3.05, 3.63) is 131 Å². The second kappa shape index (κ2) is 15.0. The lowest BCUT2D eigenvalue weighted by Crippen LogP contribution is -2.53. The first-order chi connectivity index (χ1) is 21.1. The van der Waals surface area contributed by atoms with Crippen molar-refractivity contribution in [3.63, 3.8) is 0 Å². The third-order valence-electron chi connectivity index (χ3n) is 7.22. The number of hydrogen-bond donors (Lipinski definition) is 1. The third-order valence-corrected chi connectivity index (χ3v) is 9.24. The van der Waals surface area contributed by atoms with Crippen LogP contribution in [0.5, 0.6) is 0 Å². The quantitative estimate of drug-likeness (QED) is 0.189. The molecule has 0 bridgehead atoms. The number of anilines is 1. The highest BCUT2D eigenvalue weighted by atomic mass is 35.5. The maximum absolute atomic E-state index is 14.5. The first kappa shape index (κ1) is 32.8. The van der Waals surface area contributed by atoms with Crippen LogP contribution in [0.3, 0.4) is 0 Å². The summed E-state index contributed by atoms with van der Waals surface area (Å²) < 4.78 is 29.3. The molecule has 0 aliphatic rings. The molecule has 44 heavy (non-hydrogen) atoms. The van der Waals surface area contributed by atoms with E-state index >= 15 is 0 Å². The first-order valence-electron chi connectivity index (χ1n) is 14.5. The van der Waals surface area contributed by atoms with Crippen molar-refractivity contribution in [1.82, 2.24) is 10.2 Å². The molecule has 0 saturated carbocycles. The van der Waals surface area contributed by atoms with Crippen molar-refractivity contribution in [3.8, 4) is 0 Å². The van der Waals surface area contributed by atoms with Crippen LogP contribution in [0, 0.1) is 12.8 Å². The number of para-hydroxylation sites is 1. The third kappa shape index (κ3) is 8.49. The Hall–Kier alpha value is -4.14. The van der Waals surface area contributed by atoms with Gasteiger partial charge in [-0.3, -0.25) is 13.9 Å². The van der Waals surface area contributed by atoms with Gasteiger partial charge in [-0.1, -0.05) is 104 Å². The predicted molar refractivity (Wildman–Crippen MR) is 176 cm³/mol. The first-order valence-corrected chi connectivity index (χ1v) is 16.4. The minimum absolute atomic E-state index is 0.0656. The van der Waals surface area contributed by atoms with Crippen molar-refractivity contribution in [1.29, 1.82) is 0 Å². The molecule has 4 aromatic rings. The predicted octanol–water partition coefficient (Wildman–Crippen LogP) is 6.26. The summed E-state index contributed by atoms with van der Waals surface area (Å²) in [5.74, 6) is -0.620. The van der Waals surface area contributed by atoms with E-state index in [1.807, 2.05) is 50.2 Å². The Labute approximate surface area is 265 Å². The molecule has 0 radical (unpaired) electrons. The lowest BCUT2D eigenvalue weighted by atomic mass is 10.0. The summed E-state index contributed by atoms with van der Waals surface area (Å²) in [6, 6.07) is 30.7. The summed E-state index contributed by atoms with van der Waals surface area (Å²) in [6.07, 6.45) is 0.250. The standard InChI is InChI=1S/C35H38ClN3O4S/c1-26(2)23-37-35(41)33(22-28-13-6-4-7-14-28)38(24-29-18-20-30(36)21-19-29)34(40)25-39(32-17-11-10-12-27(32)3)44(42,43)31-15-8-5-9-16-31/h4-21,26,33H,22-25H2,1-3H3,(H,37,41). The number of rotatable bonds is 13. The fourth-order valence-corrected chi connectivity index (χ4v) is 6.47. The SMILES string of the molecule is Cc1ccccc1N(CC(=O)N(Cc1ccc(Cl)cc1)C(Cc1ccccc1)C(=O)NCC(C)C)S(=O)(=O)c1ccccc1. The van der Waals surface area contributed by atoms with Gasteiger partial charge in [0.25, 0.3) is 10.0 Å². The Morgan fingerprint density at radius 1 is 0.795 bits per heavy atom. The Bertz CT molecular complexity index is 1650. The van der Waals surface area contributed by atoms with Crippen molar-refractivity contribution in [2.75, 3.05) is 17.4 Å². The number of carbonyl (C=O) groups excluding carboxylic acids is 2. The zero-order chi connectivity index (χ0) is 31.7. The van der Waals surface area contributed by atoms with Gasteiger partial charge in [0.05, 0.1) is 10.6 Å². The molecule has 0 aromatic heterocycles. The number of amides is 2. The van der Waals surface area contributed by atoms with E-state index in [0.717, 1.165) is 15.4 Å². The highest BCUT2D eigenvalue weighted by Crippen LogP contribution is 2.27. The number of halogens is 1. The van der Waals surface area contributed by atoms with E-state index in [0.29, 0.717) is 22.8 Å². The van der Waals surface area contributed by atoms with Gasteiger partial charge in [-0.25, -0.2) is 8.42 Å². The average molecular weight is 632 g/mol. The van der Waals surface area contributed by atoms with Crippen LogP contribution in [0.4, 0.5) is 5.69 Å². The van der Waals surface area contributed by atoms with Crippen LogP contribution in [0.15, 0.2) is 114 Å². The summed E-state index contributed by atoms with van der Waals surface area (Å²) in [7, 11) is -4.14. The van der Waals surface area contributed by atoms with E-state index in [2.05, 4.69) is 5.32 Å². The summed E-state index contributed by atoms with van der Waals surface area (Å²) in [6.45, 7) is 5.81. The summed E-state index contributed by atoms with van der Waals surface area (Å²) in [5.41, 5.74) is 2.71. The maximum Gasteiger partial charge on any atom is 0.264 e. The van der Waals surface area contributed by atoms with E-state index in [1.165, 1.54) is 17.0 Å². The molecule has 0 spiro atoms.